The van der Waals surface area contributed by atoms with Gasteiger partial charge in [0.25, 0.3) is 5.91 Å². The van der Waals surface area contributed by atoms with E-state index in [-0.39, 0.29) is 17.9 Å². The van der Waals surface area contributed by atoms with E-state index < -0.39 is 5.92 Å². The molecule has 0 unspecified atom stereocenters. The van der Waals surface area contributed by atoms with E-state index in [9.17, 15) is 9.59 Å². The average molecular weight is 466 g/mol. The number of likely N-dealkylation sites (N-methyl/N-ethyl adjacent to an activating group) is 1. The second-order valence-electron chi connectivity index (χ2n) is 8.44. The van der Waals surface area contributed by atoms with Gasteiger partial charge in [-0.15, -0.1) is 11.3 Å². The van der Waals surface area contributed by atoms with Crippen molar-refractivity contribution in [2.75, 3.05) is 26.7 Å². The summed E-state index contributed by atoms with van der Waals surface area (Å²) in [6, 6.07) is 15.0. The fraction of sp³-hybridized carbons (Fsp3) is 0.385. The molecule has 2 aromatic heterocycles. The molecule has 0 saturated carbocycles. The van der Waals surface area contributed by atoms with Crippen molar-refractivity contribution in [3.05, 3.63) is 81.9 Å². The van der Waals surface area contributed by atoms with Crippen LogP contribution in [-0.4, -0.2) is 48.3 Å². The van der Waals surface area contributed by atoms with Crippen molar-refractivity contribution in [3.8, 4) is 0 Å². The van der Waals surface area contributed by atoms with Crippen molar-refractivity contribution in [1.29, 1.82) is 0 Å². The lowest BCUT2D eigenvalue weighted by Gasteiger charge is -2.39. The first-order valence-electron chi connectivity index (χ1n) is 11.5. The third-order valence-electron chi connectivity index (χ3n) is 6.21. The maximum atomic E-state index is 13.5. The monoisotopic (exact) mass is 465 g/mol. The van der Waals surface area contributed by atoms with Crippen LogP contribution >= 0.6 is 11.3 Å². The number of amides is 2. The highest BCUT2D eigenvalue weighted by Gasteiger charge is 2.42. The lowest BCUT2D eigenvalue weighted by Crippen LogP contribution is -2.46. The van der Waals surface area contributed by atoms with Crippen molar-refractivity contribution >= 4 is 23.2 Å². The normalized spacial score (nSPS) is 17.9. The Balaban J connectivity index is 1.50. The Morgan fingerprint density at radius 3 is 2.73 bits per heavy atom. The molecule has 0 fully saturated rings. The zero-order valence-electron chi connectivity index (χ0n) is 19.2. The molecule has 3 heterocycles. The van der Waals surface area contributed by atoms with E-state index in [0.717, 1.165) is 48.7 Å². The average Bonchev–Trinajstić information content (AvgIpc) is 3.54. The molecule has 0 bridgehead atoms. The number of rotatable bonds is 10. The van der Waals surface area contributed by atoms with Crippen LogP contribution in [0.4, 0.5) is 0 Å². The minimum atomic E-state index is -0.447. The third kappa shape index (κ3) is 5.20. The number of benzene rings is 1. The fourth-order valence-corrected chi connectivity index (χ4v) is 5.40. The Bertz CT molecular complexity index is 1050. The molecular formula is C26H31N3O3S. The zero-order chi connectivity index (χ0) is 23.2. The van der Waals surface area contributed by atoms with Crippen LogP contribution in [0, 0.1) is 0 Å². The maximum Gasteiger partial charge on any atom is 0.254 e. The van der Waals surface area contributed by atoms with E-state index in [1.165, 1.54) is 0 Å². The van der Waals surface area contributed by atoms with Gasteiger partial charge in [-0.25, -0.2) is 0 Å². The van der Waals surface area contributed by atoms with Crippen LogP contribution in [0.25, 0.3) is 0 Å². The molecule has 33 heavy (non-hydrogen) atoms. The van der Waals surface area contributed by atoms with Gasteiger partial charge in [0, 0.05) is 30.6 Å². The van der Waals surface area contributed by atoms with Crippen LogP contribution < -0.4 is 5.32 Å². The molecule has 2 amide bonds. The standard InChI is InChI=1S/C26H31N3O3S/c1-3-4-14-29(18-19-9-7-16-32-19)15-13-27-25(30)23-20-10-5-6-11-21(20)26(31)28(2)24(23)22-12-8-17-33-22/h5-12,16-17,23-24H,3-4,13-15,18H2,1-2H3,(H,27,30)/t23-,24+/m0/s1. The van der Waals surface area contributed by atoms with Gasteiger partial charge in [-0.3, -0.25) is 14.5 Å². The highest BCUT2D eigenvalue weighted by atomic mass is 32.1. The molecule has 1 aromatic carbocycles. The van der Waals surface area contributed by atoms with Crippen LogP contribution in [0.1, 0.15) is 58.3 Å². The number of carbonyl (C=O) groups excluding carboxylic acids is 2. The van der Waals surface area contributed by atoms with Gasteiger partial charge in [-0.2, -0.15) is 0 Å². The van der Waals surface area contributed by atoms with E-state index in [2.05, 4.69) is 17.1 Å². The first-order valence-corrected chi connectivity index (χ1v) is 12.4. The van der Waals surface area contributed by atoms with Gasteiger partial charge >= 0.3 is 0 Å². The number of hydrogen-bond donors (Lipinski definition) is 1. The number of furan rings is 1. The van der Waals surface area contributed by atoms with Crippen molar-refractivity contribution in [2.45, 2.75) is 38.3 Å². The molecular weight excluding hydrogens is 434 g/mol. The second-order valence-corrected chi connectivity index (χ2v) is 9.42. The minimum Gasteiger partial charge on any atom is -0.468 e. The van der Waals surface area contributed by atoms with E-state index in [1.807, 2.05) is 53.9 Å². The van der Waals surface area contributed by atoms with Gasteiger partial charge < -0.3 is 14.6 Å². The van der Waals surface area contributed by atoms with Crippen LogP contribution in [0.2, 0.25) is 0 Å². The molecule has 1 N–H and O–H groups in total. The molecule has 1 aliphatic heterocycles. The predicted octanol–water partition coefficient (Wildman–Crippen LogP) is 4.67. The summed E-state index contributed by atoms with van der Waals surface area (Å²) in [5, 5.41) is 5.15. The van der Waals surface area contributed by atoms with Crippen molar-refractivity contribution in [1.82, 2.24) is 15.1 Å². The summed E-state index contributed by atoms with van der Waals surface area (Å²) < 4.78 is 5.52. The molecule has 174 valence electrons. The Morgan fingerprint density at radius 1 is 1.15 bits per heavy atom. The highest BCUT2D eigenvalue weighted by Crippen LogP contribution is 2.43. The summed E-state index contributed by atoms with van der Waals surface area (Å²) in [5.74, 6) is 0.388. The molecule has 0 aliphatic carbocycles. The number of hydrogen-bond acceptors (Lipinski definition) is 5. The SMILES string of the molecule is CCCCN(CCNC(=O)[C@H]1c2ccccc2C(=O)N(C)[C@@H]1c1cccs1)Cc1ccco1. The number of nitrogens with zero attached hydrogens (tertiary/aromatic N) is 2. The largest absolute Gasteiger partial charge is 0.468 e. The van der Waals surface area contributed by atoms with Gasteiger partial charge in [-0.1, -0.05) is 37.6 Å². The first kappa shape index (κ1) is 23.3. The quantitative estimate of drug-likeness (QED) is 0.473. The number of carbonyl (C=O) groups is 2. The van der Waals surface area contributed by atoms with E-state index in [1.54, 1.807) is 29.5 Å². The maximum absolute atomic E-state index is 13.5. The summed E-state index contributed by atoms with van der Waals surface area (Å²) in [5.41, 5.74) is 1.41. The molecule has 4 rings (SSSR count). The topological polar surface area (TPSA) is 65.8 Å². The van der Waals surface area contributed by atoms with Gasteiger partial charge in [0.05, 0.1) is 24.8 Å². The molecule has 7 heteroatoms. The lowest BCUT2D eigenvalue weighted by molar-refractivity contribution is -0.124. The minimum absolute atomic E-state index is 0.0442. The van der Waals surface area contributed by atoms with Crippen LogP contribution in [0.5, 0.6) is 0 Å². The van der Waals surface area contributed by atoms with Crippen LogP contribution in [0.15, 0.2) is 64.6 Å². The Labute approximate surface area is 199 Å². The summed E-state index contributed by atoms with van der Waals surface area (Å²) in [6.45, 7) is 5.13. The van der Waals surface area contributed by atoms with Gasteiger partial charge in [0.15, 0.2) is 0 Å². The zero-order valence-corrected chi connectivity index (χ0v) is 20.0. The van der Waals surface area contributed by atoms with Crippen LogP contribution in [-0.2, 0) is 11.3 Å². The van der Waals surface area contributed by atoms with Gasteiger partial charge in [0.1, 0.15) is 5.76 Å². The molecule has 0 spiro atoms. The van der Waals surface area contributed by atoms with Gasteiger partial charge in [-0.05, 0) is 48.2 Å². The van der Waals surface area contributed by atoms with E-state index in [0.29, 0.717) is 12.1 Å². The molecule has 1 aliphatic rings. The van der Waals surface area contributed by atoms with Crippen LogP contribution in [0.3, 0.4) is 0 Å². The molecule has 0 radical (unpaired) electrons. The summed E-state index contributed by atoms with van der Waals surface area (Å²) >= 11 is 1.58. The second kappa shape index (κ2) is 10.8. The highest BCUT2D eigenvalue weighted by molar-refractivity contribution is 7.10. The number of thiophene rings is 1. The summed E-state index contributed by atoms with van der Waals surface area (Å²) in [6.07, 6.45) is 3.90. The van der Waals surface area contributed by atoms with E-state index in [4.69, 9.17) is 4.42 Å². The lowest BCUT2D eigenvalue weighted by atomic mass is 9.82. The van der Waals surface area contributed by atoms with Gasteiger partial charge in [0.2, 0.25) is 5.91 Å². The predicted molar refractivity (Wildman–Crippen MR) is 130 cm³/mol. The molecule has 6 nitrogen and oxygen atoms in total. The van der Waals surface area contributed by atoms with Crippen molar-refractivity contribution < 1.29 is 14.0 Å². The number of nitrogens with one attached hydrogen (secondary N) is 1. The Hall–Kier alpha value is -2.90. The fourth-order valence-electron chi connectivity index (χ4n) is 4.49. The smallest absolute Gasteiger partial charge is 0.254 e. The van der Waals surface area contributed by atoms with Crippen molar-refractivity contribution in [2.24, 2.45) is 0 Å². The Morgan fingerprint density at radius 2 is 2.00 bits per heavy atom. The Kier molecular flexibility index (Phi) is 7.62. The molecule has 0 saturated heterocycles. The summed E-state index contributed by atoms with van der Waals surface area (Å²) in [7, 11) is 1.79. The molecule has 2 atom stereocenters. The summed E-state index contributed by atoms with van der Waals surface area (Å²) in [4.78, 5) is 31.6. The molecule has 3 aromatic rings. The number of fused-ring (bicyclic) bond motifs is 1. The van der Waals surface area contributed by atoms with Crippen molar-refractivity contribution in [3.63, 3.8) is 0 Å². The van der Waals surface area contributed by atoms with E-state index >= 15 is 0 Å². The first-order chi connectivity index (χ1) is 16.1. The third-order valence-corrected chi connectivity index (χ3v) is 7.15. The number of unbranched alkanes of at least 4 members (excludes halogenated alkanes) is 1.